The van der Waals surface area contributed by atoms with Crippen LogP contribution >= 0.6 is 0 Å². The molecule has 0 spiro atoms. The summed E-state index contributed by atoms with van der Waals surface area (Å²) in [6.45, 7) is 5.15. The molecular formula is C11H17N7O3. The number of carbonyl (C=O) groups excluding carboxylic acids is 2. The molecule has 1 aromatic rings. The number of H-pyrrole nitrogens is 1. The van der Waals surface area contributed by atoms with E-state index in [-0.39, 0.29) is 12.5 Å². The molecule has 1 heterocycles. The van der Waals surface area contributed by atoms with Gasteiger partial charge in [-0.15, -0.1) is 5.10 Å². The van der Waals surface area contributed by atoms with Crippen molar-refractivity contribution in [2.24, 2.45) is 5.73 Å². The number of aromatic amines is 1. The van der Waals surface area contributed by atoms with Crippen molar-refractivity contribution in [1.29, 1.82) is 0 Å². The molecular weight excluding hydrogens is 278 g/mol. The van der Waals surface area contributed by atoms with Crippen LogP contribution < -0.4 is 16.4 Å². The van der Waals surface area contributed by atoms with Gasteiger partial charge in [-0.1, -0.05) is 16.9 Å². The highest BCUT2D eigenvalue weighted by Crippen LogP contribution is 2.06. The van der Waals surface area contributed by atoms with Crippen molar-refractivity contribution >= 4 is 17.9 Å². The van der Waals surface area contributed by atoms with Crippen LogP contribution in [0.25, 0.3) is 0 Å². The van der Waals surface area contributed by atoms with Crippen LogP contribution in [-0.2, 0) is 9.53 Å². The Morgan fingerprint density at radius 3 is 2.71 bits per heavy atom. The van der Waals surface area contributed by atoms with Crippen LogP contribution in [-0.4, -0.2) is 50.8 Å². The number of anilines is 1. The van der Waals surface area contributed by atoms with E-state index in [1.54, 1.807) is 20.8 Å². The van der Waals surface area contributed by atoms with Crippen molar-refractivity contribution in [2.45, 2.75) is 32.4 Å². The van der Waals surface area contributed by atoms with E-state index in [1.165, 1.54) is 0 Å². The first kappa shape index (κ1) is 16.4. The fraction of sp³-hybridized carbons (Fsp3) is 0.545. The smallest absolute Gasteiger partial charge is 0.409 e. The van der Waals surface area contributed by atoms with Crippen molar-refractivity contribution in [2.75, 3.05) is 11.9 Å². The van der Waals surface area contributed by atoms with Crippen LogP contribution in [0.2, 0.25) is 0 Å². The van der Waals surface area contributed by atoms with Crippen LogP contribution in [0.4, 0.5) is 10.7 Å². The van der Waals surface area contributed by atoms with Gasteiger partial charge in [0, 0.05) is 0 Å². The van der Waals surface area contributed by atoms with Gasteiger partial charge < -0.3 is 10.5 Å². The van der Waals surface area contributed by atoms with Gasteiger partial charge in [0.25, 0.3) is 11.9 Å². The number of tetrazole rings is 1. The summed E-state index contributed by atoms with van der Waals surface area (Å²) < 4.78 is 5.05. The standard InChI is InChI=1S/C11H17N7O3/c1-11(2,3)21-10(20)13-7(5-4-6-12)8(19)14-9-15-17-18-16-9/h7H,6,12H2,1-3H3,(H,13,20)(H2,14,15,16,17,18,19). The van der Waals surface area contributed by atoms with Crippen LogP contribution in [0, 0.1) is 11.8 Å². The maximum absolute atomic E-state index is 12.0. The Morgan fingerprint density at radius 1 is 1.48 bits per heavy atom. The number of hydrogen-bond acceptors (Lipinski definition) is 7. The molecule has 21 heavy (non-hydrogen) atoms. The Hall–Kier alpha value is -2.67. The molecule has 0 saturated carbocycles. The van der Waals surface area contributed by atoms with E-state index in [0.29, 0.717) is 0 Å². The van der Waals surface area contributed by atoms with Gasteiger partial charge in [0.1, 0.15) is 5.60 Å². The number of nitrogens with one attached hydrogen (secondary N) is 3. The lowest BCUT2D eigenvalue weighted by molar-refractivity contribution is -0.117. The summed E-state index contributed by atoms with van der Waals surface area (Å²) >= 11 is 0. The number of aromatic nitrogens is 4. The Kier molecular flexibility index (Phi) is 5.62. The van der Waals surface area contributed by atoms with Gasteiger partial charge in [-0.2, -0.15) is 5.21 Å². The molecule has 10 heteroatoms. The second kappa shape index (κ2) is 7.20. The molecule has 0 bridgehead atoms. The van der Waals surface area contributed by atoms with E-state index in [0.717, 1.165) is 0 Å². The maximum Gasteiger partial charge on any atom is 0.409 e. The van der Waals surface area contributed by atoms with Gasteiger partial charge in [0.15, 0.2) is 6.04 Å². The minimum Gasteiger partial charge on any atom is -0.444 e. The van der Waals surface area contributed by atoms with Crippen LogP contribution in [0.1, 0.15) is 20.8 Å². The van der Waals surface area contributed by atoms with E-state index in [1.807, 2.05) is 0 Å². The second-order valence-electron chi connectivity index (χ2n) is 4.83. The van der Waals surface area contributed by atoms with Crippen LogP contribution in [0.15, 0.2) is 0 Å². The number of nitrogens with zero attached hydrogens (tertiary/aromatic N) is 3. The van der Waals surface area contributed by atoms with Crippen LogP contribution in [0.5, 0.6) is 0 Å². The number of hydrogen-bond donors (Lipinski definition) is 4. The first-order valence-electron chi connectivity index (χ1n) is 6.04. The fourth-order valence-corrected chi connectivity index (χ4v) is 1.15. The van der Waals surface area contributed by atoms with Crippen molar-refractivity contribution in [3.05, 3.63) is 0 Å². The van der Waals surface area contributed by atoms with Gasteiger partial charge in [0.2, 0.25) is 0 Å². The highest BCUT2D eigenvalue weighted by molar-refractivity contribution is 5.97. The van der Waals surface area contributed by atoms with Gasteiger partial charge in [-0.05, 0) is 26.0 Å². The molecule has 1 aromatic heterocycles. The number of alkyl carbamates (subject to hydrolysis) is 1. The minimum atomic E-state index is -1.15. The molecule has 0 aromatic carbocycles. The van der Waals surface area contributed by atoms with Gasteiger partial charge in [-0.3, -0.25) is 15.4 Å². The first-order valence-corrected chi connectivity index (χ1v) is 6.04. The third-order valence-corrected chi connectivity index (χ3v) is 1.85. The Balaban J connectivity index is 2.71. The number of ether oxygens (including phenoxy) is 1. The molecule has 5 N–H and O–H groups in total. The highest BCUT2D eigenvalue weighted by Gasteiger charge is 2.23. The van der Waals surface area contributed by atoms with Crippen molar-refractivity contribution in [1.82, 2.24) is 25.9 Å². The normalized spacial score (nSPS) is 11.8. The quantitative estimate of drug-likeness (QED) is 0.522. The summed E-state index contributed by atoms with van der Waals surface area (Å²) in [7, 11) is 0. The summed E-state index contributed by atoms with van der Waals surface area (Å²) in [5, 5.41) is 17.2. The highest BCUT2D eigenvalue weighted by atomic mass is 16.6. The van der Waals surface area contributed by atoms with Gasteiger partial charge >= 0.3 is 6.09 Å². The van der Waals surface area contributed by atoms with Crippen molar-refractivity contribution < 1.29 is 14.3 Å². The third kappa shape index (κ3) is 6.35. The zero-order chi connectivity index (χ0) is 15.9. The van der Waals surface area contributed by atoms with Gasteiger partial charge in [0.05, 0.1) is 6.54 Å². The molecule has 2 amide bonds. The second-order valence-corrected chi connectivity index (χ2v) is 4.83. The number of rotatable bonds is 3. The zero-order valence-corrected chi connectivity index (χ0v) is 11.9. The molecule has 114 valence electrons. The minimum absolute atomic E-state index is 0.0365. The van der Waals surface area contributed by atoms with E-state index in [4.69, 9.17) is 10.5 Å². The lowest BCUT2D eigenvalue weighted by Crippen LogP contribution is -2.45. The van der Waals surface area contributed by atoms with E-state index in [9.17, 15) is 9.59 Å². The topological polar surface area (TPSA) is 148 Å². The van der Waals surface area contributed by atoms with E-state index in [2.05, 4.69) is 43.1 Å². The molecule has 0 radical (unpaired) electrons. The molecule has 0 aliphatic heterocycles. The zero-order valence-electron chi connectivity index (χ0n) is 11.9. The number of carbonyl (C=O) groups is 2. The van der Waals surface area contributed by atoms with E-state index < -0.39 is 23.6 Å². The first-order chi connectivity index (χ1) is 9.81. The Morgan fingerprint density at radius 2 is 2.19 bits per heavy atom. The summed E-state index contributed by atoms with van der Waals surface area (Å²) in [4.78, 5) is 23.6. The van der Waals surface area contributed by atoms with Gasteiger partial charge in [-0.25, -0.2) is 4.79 Å². The summed E-state index contributed by atoms with van der Waals surface area (Å²) in [6.07, 6.45) is -0.776. The molecule has 0 aliphatic rings. The average molecular weight is 295 g/mol. The molecule has 0 fully saturated rings. The Labute approximate surface area is 121 Å². The van der Waals surface area contributed by atoms with Crippen molar-refractivity contribution in [3.63, 3.8) is 0 Å². The molecule has 1 atom stereocenters. The lowest BCUT2D eigenvalue weighted by atomic mass is 10.2. The molecule has 0 saturated heterocycles. The predicted molar refractivity (Wildman–Crippen MR) is 72.8 cm³/mol. The number of amides is 2. The van der Waals surface area contributed by atoms with Crippen molar-refractivity contribution in [3.8, 4) is 11.8 Å². The SMILES string of the molecule is CC(C)(C)OC(=O)NC(C#CCN)C(=O)Nc1nn[nH]n1. The average Bonchev–Trinajstić information content (AvgIpc) is 2.84. The van der Waals surface area contributed by atoms with E-state index >= 15 is 0 Å². The third-order valence-electron chi connectivity index (χ3n) is 1.85. The number of nitrogens with two attached hydrogens (primary N) is 1. The van der Waals surface area contributed by atoms with Crippen LogP contribution in [0.3, 0.4) is 0 Å². The summed E-state index contributed by atoms with van der Waals surface area (Å²) in [5.74, 6) is 4.35. The maximum atomic E-state index is 12.0. The summed E-state index contributed by atoms with van der Waals surface area (Å²) in [6, 6.07) is -1.15. The summed E-state index contributed by atoms with van der Waals surface area (Å²) in [5.41, 5.74) is 4.56. The molecule has 10 nitrogen and oxygen atoms in total. The fourth-order valence-electron chi connectivity index (χ4n) is 1.15. The monoisotopic (exact) mass is 295 g/mol. The largest absolute Gasteiger partial charge is 0.444 e. The Bertz CT molecular complexity index is 538. The predicted octanol–water partition coefficient (Wildman–Crippen LogP) is -1.01. The lowest BCUT2D eigenvalue weighted by Gasteiger charge is -2.21. The molecule has 1 rings (SSSR count). The molecule has 1 unspecified atom stereocenters. The molecule has 0 aliphatic carbocycles.